The minimum Gasteiger partial charge on any atom is -0.370 e. The summed E-state index contributed by atoms with van der Waals surface area (Å²) in [5.74, 6) is 2.75. The number of rotatable bonds is 3. The van der Waals surface area contributed by atoms with Crippen molar-refractivity contribution in [1.82, 2.24) is 4.98 Å². The van der Waals surface area contributed by atoms with Gasteiger partial charge in [-0.05, 0) is 36.5 Å². The molecule has 0 saturated heterocycles. The topological polar surface area (TPSA) is 24.9 Å². The molecular weight excluding hydrogens is 196 g/mol. The van der Waals surface area contributed by atoms with Crippen LogP contribution in [0.3, 0.4) is 0 Å². The molecule has 0 radical (unpaired) electrons. The van der Waals surface area contributed by atoms with Crippen LogP contribution in [0.2, 0.25) is 0 Å². The van der Waals surface area contributed by atoms with Crippen LogP contribution in [0.1, 0.15) is 13.3 Å². The Labute approximate surface area is 95.7 Å². The monoisotopic (exact) mass is 212 g/mol. The Morgan fingerprint density at radius 3 is 2.88 bits per heavy atom. The summed E-state index contributed by atoms with van der Waals surface area (Å²) in [5.41, 5.74) is 1.07. The average Bonchev–Trinajstić information content (AvgIpc) is 3.03. The molecule has 2 atom stereocenters. The van der Waals surface area contributed by atoms with Crippen LogP contribution in [0.5, 0.6) is 0 Å². The number of anilines is 1. The predicted molar refractivity (Wildman–Crippen MR) is 67.5 cm³/mol. The summed E-state index contributed by atoms with van der Waals surface area (Å²) in [6, 6.07) is 12.4. The Morgan fingerprint density at radius 1 is 1.25 bits per heavy atom. The molecule has 1 heterocycles. The van der Waals surface area contributed by atoms with Crippen LogP contribution < -0.4 is 5.32 Å². The molecule has 16 heavy (non-hydrogen) atoms. The summed E-state index contributed by atoms with van der Waals surface area (Å²) in [6.45, 7) is 3.37. The van der Waals surface area contributed by atoms with E-state index in [2.05, 4.69) is 41.5 Å². The minimum absolute atomic E-state index is 0.855. The number of fused-ring (bicyclic) bond motifs is 1. The van der Waals surface area contributed by atoms with Crippen LogP contribution in [0.15, 0.2) is 36.4 Å². The fourth-order valence-electron chi connectivity index (χ4n) is 2.08. The van der Waals surface area contributed by atoms with Crippen molar-refractivity contribution in [1.29, 1.82) is 0 Å². The molecule has 0 amide bonds. The van der Waals surface area contributed by atoms with Gasteiger partial charge in [0.25, 0.3) is 0 Å². The Balaban J connectivity index is 1.77. The summed E-state index contributed by atoms with van der Waals surface area (Å²) < 4.78 is 0. The van der Waals surface area contributed by atoms with Crippen LogP contribution >= 0.6 is 0 Å². The molecule has 2 unspecified atom stereocenters. The molecule has 2 aromatic rings. The van der Waals surface area contributed by atoms with Gasteiger partial charge in [-0.1, -0.05) is 25.1 Å². The van der Waals surface area contributed by atoms with Crippen molar-refractivity contribution in [3.05, 3.63) is 36.4 Å². The van der Waals surface area contributed by atoms with Crippen LogP contribution in [0, 0.1) is 11.8 Å². The number of hydrogen-bond donors (Lipinski definition) is 1. The lowest BCUT2D eigenvalue weighted by molar-refractivity contribution is 0.785. The van der Waals surface area contributed by atoms with Crippen molar-refractivity contribution >= 4 is 16.7 Å². The van der Waals surface area contributed by atoms with Crippen LogP contribution in [0.4, 0.5) is 5.82 Å². The van der Waals surface area contributed by atoms with E-state index in [0.29, 0.717) is 0 Å². The molecule has 1 aromatic heterocycles. The zero-order chi connectivity index (χ0) is 11.0. The van der Waals surface area contributed by atoms with Crippen LogP contribution in [0.25, 0.3) is 10.9 Å². The standard InChI is InChI=1S/C14H16N2/c1-10-8-12(10)9-15-14-7-6-11-4-2-3-5-13(11)16-14/h2-7,10,12H,8-9H2,1H3,(H,15,16). The molecule has 3 rings (SSSR count). The molecule has 1 aliphatic carbocycles. The van der Waals surface area contributed by atoms with E-state index >= 15 is 0 Å². The van der Waals surface area contributed by atoms with E-state index in [4.69, 9.17) is 0 Å². The number of benzene rings is 1. The second kappa shape index (κ2) is 3.78. The zero-order valence-corrected chi connectivity index (χ0v) is 9.48. The Hall–Kier alpha value is -1.57. The minimum atomic E-state index is 0.855. The summed E-state index contributed by atoms with van der Waals surface area (Å²) in [4.78, 5) is 4.59. The van der Waals surface area contributed by atoms with Gasteiger partial charge in [0.05, 0.1) is 5.52 Å². The van der Waals surface area contributed by atoms with Gasteiger partial charge in [-0.25, -0.2) is 4.98 Å². The SMILES string of the molecule is CC1CC1CNc1ccc2ccccc2n1. The average molecular weight is 212 g/mol. The lowest BCUT2D eigenvalue weighted by atomic mass is 10.2. The molecule has 2 heteroatoms. The van der Waals surface area contributed by atoms with E-state index in [1.807, 2.05) is 12.1 Å². The highest BCUT2D eigenvalue weighted by Gasteiger charge is 2.31. The van der Waals surface area contributed by atoms with E-state index in [1.54, 1.807) is 0 Å². The van der Waals surface area contributed by atoms with Gasteiger partial charge in [0, 0.05) is 11.9 Å². The van der Waals surface area contributed by atoms with Crippen LogP contribution in [-0.4, -0.2) is 11.5 Å². The number of hydrogen-bond acceptors (Lipinski definition) is 2. The predicted octanol–water partition coefficient (Wildman–Crippen LogP) is 3.30. The van der Waals surface area contributed by atoms with Crippen molar-refractivity contribution in [3.63, 3.8) is 0 Å². The zero-order valence-electron chi connectivity index (χ0n) is 9.48. The molecule has 1 fully saturated rings. The quantitative estimate of drug-likeness (QED) is 0.844. The summed E-state index contributed by atoms with van der Waals surface area (Å²) in [6.07, 6.45) is 1.36. The van der Waals surface area contributed by atoms with E-state index < -0.39 is 0 Å². The van der Waals surface area contributed by atoms with Crippen molar-refractivity contribution in [2.75, 3.05) is 11.9 Å². The maximum Gasteiger partial charge on any atom is 0.126 e. The first-order valence-electron chi connectivity index (χ1n) is 5.92. The summed E-state index contributed by atoms with van der Waals surface area (Å²) in [7, 11) is 0. The molecule has 1 aromatic carbocycles. The molecule has 0 aliphatic heterocycles. The number of aromatic nitrogens is 1. The van der Waals surface area contributed by atoms with Gasteiger partial charge in [-0.2, -0.15) is 0 Å². The lowest BCUT2D eigenvalue weighted by Crippen LogP contribution is -2.05. The van der Waals surface area contributed by atoms with Crippen molar-refractivity contribution in [3.8, 4) is 0 Å². The van der Waals surface area contributed by atoms with Gasteiger partial charge in [-0.15, -0.1) is 0 Å². The highest BCUT2D eigenvalue weighted by Crippen LogP contribution is 2.37. The summed E-state index contributed by atoms with van der Waals surface area (Å²) >= 11 is 0. The largest absolute Gasteiger partial charge is 0.370 e. The first-order chi connectivity index (χ1) is 7.83. The third-order valence-corrected chi connectivity index (χ3v) is 3.42. The third kappa shape index (κ3) is 1.87. The van der Waals surface area contributed by atoms with Gasteiger partial charge in [0.1, 0.15) is 5.82 Å². The molecule has 0 spiro atoms. The maximum atomic E-state index is 4.59. The molecule has 1 saturated carbocycles. The van der Waals surface area contributed by atoms with E-state index in [0.717, 1.165) is 29.7 Å². The number of pyridine rings is 1. The second-order valence-electron chi connectivity index (χ2n) is 4.74. The first-order valence-corrected chi connectivity index (χ1v) is 5.92. The second-order valence-corrected chi connectivity index (χ2v) is 4.74. The molecule has 82 valence electrons. The van der Waals surface area contributed by atoms with Crippen molar-refractivity contribution in [2.45, 2.75) is 13.3 Å². The number of nitrogens with one attached hydrogen (secondary N) is 1. The highest BCUT2D eigenvalue weighted by atomic mass is 15.0. The van der Waals surface area contributed by atoms with Crippen molar-refractivity contribution in [2.24, 2.45) is 11.8 Å². The summed E-state index contributed by atoms with van der Waals surface area (Å²) in [5, 5.41) is 4.62. The number of para-hydroxylation sites is 1. The Bertz CT molecular complexity index is 507. The maximum absolute atomic E-state index is 4.59. The number of nitrogens with zero attached hydrogens (tertiary/aromatic N) is 1. The fourth-order valence-corrected chi connectivity index (χ4v) is 2.08. The molecular formula is C14H16N2. The van der Waals surface area contributed by atoms with Crippen molar-refractivity contribution < 1.29 is 0 Å². The van der Waals surface area contributed by atoms with Gasteiger partial charge in [0.2, 0.25) is 0 Å². The van der Waals surface area contributed by atoms with Gasteiger partial charge < -0.3 is 5.32 Å². The third-order valence-electron chi connectivity index (χ3n) is 3.42. The van der Waals surface area contributed by atoms with E-state index in [1.165, 1.54) is 11.8 Å². The molecule has 1 N–H and O–H groups in total. The highest BCUT2D eigenvalue weighted by molar-refractivity contribution is 5.80. The van der Waals surface area contributed by atoms with Gasteiger partial charge >= 0.3 is 0 Å². The van der Waals surface area contributed by atoms with Crippen LogP contribution in [-0.2, 0) is 0 Å². The van der Waals surface area contributed by atoms with Gasteiger partial charge in [-0.3, -0.25) is 0 Å². The van der Waals surface area contributed by atoms with E-state index in [9.17, 15) is 0 Å². The molecule has 0 bridgehead atoms. The normalized spacial score (nSPS) is 23.3. The smallest absolute Gasteiger partial charge is 0.126 e. The Morgan fingerprint density at radius 2 is 2.06 bits per heavy atom. The fraction of sp³-hybridized carbons (Fsp3) is 0.357. The first kappa shape index (κ1) is 9.64. The van der Waals surface area contributed by atoms with E-state index in [-0.39, 0.29) is 0 Å². The van der Waals surface area contributed by atoms with Gasteiger partial charge in [0.15, 0.2) is 0 Å². The Kier molecular flexibility index (Phi) is 2.28. The lowest BCUT2D eigenvalue weighted by Gasteiger charge is -2.05. The molecule has 1 aliphatic rings. The molecule has 2 nitrogen and oxygen atoms in total.